The van der Waals surface area contributed by atoms with Gasteiger partial charge in [0.2, 0.25) is 5.91 Å². The standard InChI is InChI=1S/C19H22F6N2O3/c1-5-10-8-30-14-12(27(10)9-18(20,21)22)7-6-11(26-16(29)17(2,3)4)13(14)15(28)19(23,24)25/h6-7,10H,5,8-9H2,1-4H3,(H,26,29)/t10-/m1/s1. The minimum absolute atomic E-state index is 0.237. The van der Waals surface area contributed by atoms with E-state index in [1.165, 1.54) is 20.8 Å². The average molecular weight is 440 g/mol. The molecule has 30 heavy (non-hydrogen) atoms. The van der Waals surface area contributed by atoms with Gasteiger partial charge in [0.05, 0.1) is 23.0 Å². The Bertz CT molecular complexity index is 827. The molecule has 1 aromatic rings. The van der Waals surface area contributed by atoms with E-state index in [4.69, 9.17) is 4.74 Å². The van der Waals surface area contributed by atoms with E-state index in [0.29, 0.717) is 0 Å². The van der Waals surface area contributed by atoms with Crippen LogP contribution in [0.3, 0.4) is 0 Å². The van der Waals surface area contributed by atoms with Crippen molar-refractivity contribution in [2.75, 3.05) is 23.4 Å². The molecule has 1 aliphatic heterocycles. The van der Waals surface area contributed by atoms with Crippen LogP contribution < -0.4 is 15.0 Å². The molecule has 0 aliphatic carbocycles. The van der Waals surface area contributed by atoms with Crippen molar-refractivity contribution < 1.29 is 40.7 Å². The Morgan fingerprint density at radius 3 is 2.20 bits per heavy atom. The van der Waals surface area contributed by atoms with Crippen LogP contribution in [0.25, 0.3) is 0 Å². The molecule has 0 saturated carbocycles. The third-order valence-electron chi connectivity index (χ3n) is 4.54. The Morgan fingerprint density at radius 2 is 1.73 bits per heavy atom. The van der Waals surface area contributed by atoms with Crippen LogP contribution in [0, 0.1) is 5.41 Å². The Hall–Kier alpha value is -2.46. The molecule has 0 unspecified atom stereocenters. The van der Waals surface area contributed by atoms with Gasteiger partial charge in [-0.25, -0.2) is 0 Å². The van der Waals surface area contributed by atoms with E-state index in [1.807, 2.05) is 0 Å². The Kier molecular flexibility index (Phi) is 6.34. The predicted molar refractivity (Wildman–Crippen MR) is 97.9 cm³/mol. The minimum Gasteiger partial charge on any atom is -0.488 e. The molecule has 0 saturated heterocycles. The second kappa shape index (κ2) is 7.99. The molecular weight excluding hydrogens is 418 g/mol. The summed E-state index contributed by atoms with van der Waals surface area (Å²) in [4.78, 5) is 25.3. The second-order valence-corrected chi connectivity index (χ2v) is 7.98. The van der Waals surface area contributed by atoms with Crippen molar-refractivity contribution in [1.82, 2.24) is 0 Å². The molecule has 2 rings (SSSR count). The number of anilines is 2. The number of carbonyl (C=O) groups excluding carboxylic acids is 2. The number of carbonyl (C=O) groups is 2. The quantitative estimate of drug-likeness (QED) is 0.532. The van der Waals surface area contributed by atoms with Crippen molar-refractivity contribution in [2.24, 2.45) is 5.41 Å². The number of ketones is 1. The largest absolute Gasteiger partial charge is 0.488 e. The van der Waals surface area contributed by atoms with Gasteiger partial charge >= 0.3 is 12.4 Å². The first kappa shape index (κ1) is 23.8. The van der Waals surface area contributed by atoms with Gasteiger partial charge in [0.25, 0.3) is 5.78 Å². The lowest BCUT2D eigenvalue weighted by molar-refractivity contribution is -0.123. The van der Waals surface area contributed by atoms with E-state index >= 15 is 0 Å². The third kappa shape index (κ3) is 5.17. The molecule has 0 fully saturated rings. The molecule has 0 radical (unpaired) electrons. The predicted octanol–water partition coefficient (Wildman–Crippen LogP) is 4.96. The molecule has 1 aliphatic rings. The number of fused-ring (bicyclic) bond motifs is 1. The van der Waals surface area contributed by atoms with Crippen molar-refractivity contribution in [3.63, 3.8) is 0 Å². The van der Waals surface area contributed by atoms with E-state index in [9.17, 15) is 35.9 Å². The van der Waals surface area contributed by atoms with E-state index in [1.54, 1.807) is 6.92 Å². The molecule has 1 atom stereocenters. The zero-order chi connectivity index (χ0) is 23.1. The summed E-state index contributed by atoms with van der Waals surface area (Å²) < 4.78 is 84.4. The van der Waals surface area contributed by atoms with E-state index in [-0.39, 0.29) is 18.7 Å². The summed E-state index contributed by atoms with van der Waals surface area (Å²) in [7, 11) is 0. The van der Waals surface area contributed by atoms with E-state index in [2.05, 4.69) is 5.32 Å². The summed E-state index contributed by atoms with van der Waals surface area (Å²) in [6, 6.07) is 1.36. The number of halogens is 6. The van der Waals surface area contributed by atoms with Gasteiger partial charge in [-0.3, -0.25) is 9.59 Å². The first-order chi connectivity index (χ1) is 13.6. The molecular formula is C19H22F6N2O3. The van der Waals surface area contributed by atoms with Gasteiger partial charge in [-0.2, -0.15) is 26.3 Å². The van der Waals surface area contributed by atoms with Crippen LogP contribution in [0.4, 0.5) is 37.7 Å². The second-order valence-electron chi connectivity index (χ2n) is 7.98. The van der Waals surface area contributed by atoms with Crippen LogP contribution in [0.1, 0.15) is 44.5 Å². The highest BCUT2D eigenvalue weighted by atomic mass is 19.4. The fourth-order valence-corrected chi connectivity index (χ4v) is 2.94. The molecule has 0 aromatic heterocycles. The Labute approximate surface area is 169 Å². The summed E-state index contributed by atoms with van der Waals surface area (Å²) in [5.41, 5.74) is -2.77. The van der Waals surface area contributed by atoms with Crippen molar-refractivity contribution >= 4 is 23.1 Å². The number of hydrogen-bond acceptors (Lipinski definition) is 4. The molecule has 11 heteroatoms. The van der Waals surface area contributed by atoms with Crippen molar-refractivity contribution in [2.45, 2.75) is 52.5 Å². The number of nitrogens with zero attached hydrogens (tertiary/aromatic N) is 1. The molecule has 1 heterocycles. The van der Waals surface area contributed by atoms with Crippen LogP contribution in [0.5, 0.6) is 5.75 Å². The van der Waals surface area contributed by atoms with E-state index in [0.717, 1.165) is 17.0 Å². The molecule has 1 amide bonds. The van der Waals surface area contributed by atoms with Gasteiger partial charge in [0.1, 0.15) is 13.2 Å². The highest BCUT2D eigenvalue weighted by Gasteiger charge is 2.45. The van der Waals surface area contributed by atoms with Gasteiger partial charge in [-0.15, -0.1) is 0 Å². The van der Waals surface area contributed by atoms with Gasteiger partial charge in [0.15, 0.2) is 5.75 Å². The number of ether oxygens (including phenoxy) is 1. The molecule has 1 N–H and O–H groups in total. The van der Waals surface area contributed by atoms with Crippen molar-refractivity contribution in [3.8, 4) is 5.75 Å². The Morgan fingerprint density at radius 1 is 1.13 bits per heavy atom. The lowest BCUT2D eigenvalue weighted by Gasteiger charge is -2.39. The van der Waals surface area contributed by atoms with Crippen LogP contribution in [-0.2, 0) is 4.79 Å². The molecule has 0 spiro atoms. The fraction of sp³-hybridized carbons (Fsp3) is 0.579. The number of alkyl halides is 6. The zero-order valence-electron chi connectivity index (χ0n) is 16.8. The van der Waals surface area contributed by atoms with Crippen LogP contribution in [0.15, 0.2) is 12.1 Å². The first-order valence-corrected chi connectivity index (χ1v) is 9.12. The van der Waals surface area contributed by atoms with E-state index < -0.39 is 59.0 Å². The number of amides is 1. The molecule has 168 valence electrons. The lowest BCUT2D eigenvalue weighted by atomic mass is 9.94. The van der Waals surface area contributed by atoms with Gasteiger partial charge in [-0.05, 0) is 18.6 Å². The van der Waals surface area contributed by atoms with Crippen LogP contribution in [-0.4, -0.2) is 43.2 Å². The number of rotatable bonds is 4. The van der Waals surface area contributed by atoms with Crippen LogP contribution in [0.2, 0.25) is 0 Å². The number of benzene rings is 1. The monoisotopic (exact) mass is 440 g/mol. The van der Waals surface area contributed by atoms with Gasteiger partial charge in [-0.1, -0.05) is 27.7 Å². The zero-order valence-corrected chi connectivity index (χ0v) is 16.8. The summed E-state index contributed by atoms with van der Waals surface area (Å²) in [5.74, 6) is -3.61. The summed E-state index contributed by atoms with van der Waals surface area (Å²) in [5, 5.41) is 2.26. The normalized spacial score (nSPS) is 17.3. The SMILES string of the molecule is CC[C@@H]1COc2c(ccc(NC(=O)C(C)(C)C)c2C(=O)C(F)(F)F)N1CC(F)(F)F. The Balaban J connectivity index is 2.67. The minimum atomic E-state index is -5.32. The summed E-state index contributed by atoms with van der Waals surface area (Å²) >= 11 is 0. The third-order valence-corrected chi connectivity index (χ3v) is 4.54. The summed E-state index contributed by atoms with van der Waals surface area (Å²) in [6.45, 7) is 4.39. The number of Topliss-reactive ketones (excluding diaryl/α,β-unsaturated/α-hetero) is 1. The highest BCUT2D eigenvalue weighted by molar-refractivity contribution is 6.11. The highest BCUT2D eigenvalue weighted by Crippen LogP contribution is 2.44. The molecule has 5 nitrogen and oxygen atoms in total. The topological polar surface area (TPSA) is 58.6 Å². The van der Waals surface area contributed by atoms with Crippen molar-refractivity contribution in [3.05, 3.63) is 17.7 Å². The molecule has 0 bridgehead atoms. The first-order valence-electron chi connectivity index (χ1n) is 9.12. The number of hydrogen-bond donors (Lipinski definition) is 1. The molecule has 1 aromatic carbocycles. The maximum Gasteiger partial charge on any atom is 0.455 e. The maximum atomic E-state index is 13.3. The maximum absolute atomic E-state index is 13.3. The lowest BCUT2D eigenvalue weighted by Crippen LogP contribution is -2.47. The summed E-state index contributed by atoms with van der Waals surface area (Å²) in [6.07, 6.45) is -9.72. The fourth-order valence-electron chi connectivity index (χ4n) is 2.94. The van der Waals surface area contributed by atoms with Crippen LogP contribution >= 0.6 is 0 Å². The smallest absolute Gasteiger partial charge is 0.455 e. The number of nitrogens with one attached hydrogen (secondary N) is 1. The van der Waals surface area contributed by atoms with Gasteiger partial charge < -0.3 is 15.0 Å². The van der Waals surface area contributed by atoms with Gasteiger partial charge in [0, 0.05) is 5.41 Å². The van der Waals surface area contributed by atoms with Crippen molar-refractivity contribution in [1.29, 1.82) is 0 Å². The average Bonchev–Trinajstić information content (AvgIpc) is 2.58.